The molecule has 0 atom stereocenters. The van der Waals surface area contributed by atoms with Gasteiger partial charge in [-0.1, -0.05) is 32.0 Å². The van der Waals surface area contributed by atoms with Crippen LogP contribution < -0.4 is 10.6 Å². The van der Waals surface area contributed by atoms with Gasteiger partial charge in [0.15, 0.2) is 0 Å². The Morgan fingerprint density at radius 2 is 2.00 bits per heavy atom. The minimum atomic E-state index is -0.477. The van der Waals surface area contributed by atoms with Crippen LogP contribution >= 0.6 is 0 Å². The molecule has 0 unspecified atom stereocenters. The average molecular weight is 299 g/mol. The number of nitrogens with zero attached hydrogens (tertiary/aromatic N) is 1. The van der Waals surface area contributed by atoms with Gasteiger partial charge in [0, 0.05) is 5.69 Å². The number of nitrogens with one attached hydrogen (secondary N) is 2. The summed E-state index contributed by atoms with van der Waals surface area (Å²) in [7, 11) is 0. The summed E-state index contributed by atoms with van der Waals surface area (Å²) in [4.78, 5) is 15.6. The van der Waals surface area contributed by atoms with Crippen LogP contribution in [0.4, 0.5) is 22.0 Å². The molecule has 22 heavy (non-hydrogen) atoms. The Kier molecular flexibility index (Phi) is 5.36. The molecule has 0 aliphatic heterocycles. The highest BCUT2D eigenvalue weighted by Gasteiger charge is 2.07. The summed E-state index contributed by atoms with van der Waals surface area (Å²) in [5.74, 6) is 1.15. The number of hydrogen-bond donors (Lipinski definition) is 2. The molecule has 116 valence electrons. The van der Waals surface area contributed by atoms with E-state index >= 15 is 0 Å². The monoisotopic (exact) mass is 299 g/mol. The maximum atomic E-state index is 11.3. The molecule has 2 N–H and O–H groups in total. The lowest BCUT2D eigenvalue weighted by atomic mass is 10.0. The van der Waals surface area contributed by atoms with E-state index in [1.807, 2.05) is 24.3 Å². The van der Waals surface area contributed by atoms with Crippen LogP contribution in [-0.2, 0) is 4.74 Å². The lowest BCUT2D eigenvalue weighted by molar-refractivity contribution is 0.168. The van der Waals surface area contributed by atoms with Crippen molar-refractivity contribution in [2.24, 2.45) is 0 Å². The van der Waals surface area contributed by atoms with Crippen molar-refractivity contribution < 1.29 is 9.53 Å². The van der Waals surface area contributed by atoms with Gasteiger partial charge in [-0.25, -0.2) is 9.78 Å². The van der Waals surface area contributed by atoms with E-state index in [4.69, 9.17) is 4.74 Å². The van der Waals surface area contributed by atoms with Crippen LogP contribution in [0.2, 0.25) is 0 Å². The van der Waals surface area contributed by atoms with Crippen molar-refractivity contribution in [3.63, 3.8) is 0 Å². The van der Waals surface area contributed by atoms with Gasteiger partial charge in [-0.15, -0.1) is 0 Å². The number of aromatic nitrogens is 1. The van der Waals surface area contributed by atoms with Gasteiger partial charge >= 0.3 is 6.09 Å². The van der Waals surface area contributed by atoms with Crippen molar-refractivity contribution in [2.45, 2.75) is 26.7 Å². The fraction of sp³-hybridized carbons (Fsp3) is 0.294. The Labute approximate surface area is 130 Å². The van der Waals surface area contributed by atoms with Gasteiger partial charge in [-0.3, -0.25) is 5.32 Å². The Hall–Kier alpha value is -2.56. The highest BCUT2D eigenvalue weighted by atomic mass is 16.5. The summed E-state index contributed by atoms with van der Waals surface area (Å²) in [6, 6.07) is 11.7. The van der Waals surface area contributed by atoms with Crippen LogP contribution in [0, 0.1) is 0 Å². The van der Waals surface area contributed by atoms with E-state index in [2.05, 4.69) is 35.5 Å². The highest BCUT2D eigenvalue weighted by molar-refractivity contribution is 5.84. The van der Waals surface area contributed by atoms with Gasteiger partial charge in [0.2, 0.25) is 0 Å². The van der Waals surface area contributed by atoms with Gasteiger partial charge in [0.05, 0.1) is 18.5 Å². The van der Waals surface area contributed by atoms with E-state index in [-0.39, 0.29) is 0 Å². The summed E-state index contributed by atoms with van der Waals surface area (Å²) in [5.41, 5.74) is 2.87. The molecule has 5 nitrogen and oxygen atoms in total. The van der Waals surface area contributed by atoms with E-state index in [1.54, 1.807) is 19.2 Å². The Morgan fingerprint density at radius 3 is 2.64 bits per heavy atom. The van der Waals surface area contributed by atoms with E-state index in [0.717, 1.165) is 11.5 Å². The predicted molar refractivity (Wildman–Crippen MR) is 88.7 cm³/mol. The van der Waals surface area contributed by atoms with Crippen LogP contribution in [0.15, 0.2) is 42.6 Å². The van der Waals surface area contributed by atoms with Gasteiger partial charge in [-0.2, -0.15) is 0 Å². The Bertz CT molecular complexity index is 624. The third-order valence-electron chi connectivity index (χ3n) is 3.13. The molecule has 1 aromatic heterocycles. The lowest BCUT2D eigenvalue weighted by Gasteiger charge is -2.14. The molecule has 0 radical (unpaired) electrons. The first-order valence-corrected chi connectivity index (χ1v) is 7.36. The molecular formula is C17H21N3O2. The number of ether oxygens (including phenoxy) is 1. The summed E-state index contributed by atoms with van der Waals surface area (Å²) in [6.45, 7) is 6.41. The van der Waals surface area contributed by atoms with Crippen molar-refractivity contribution in [2.75, 3.05) is 17.2 Å². The van der Waals surface area contributed by atoms with Crippen LogP contribution in [0.5, 0.6) is 0 Å². The molecule has 0 aliphatic carbocycles. The Morgan fingerprint density at radius 1 is 1.23 bits per heavy atom. The van der Waals surface area contributed by atoms with E-state index < -0.39 is 6.09 Å². The summed E-state index contributed by atoms with van der Waals surface area (Å²) in [5, 5.41) is 5.92. The predicted octanol–water partition coefficient (Wildman–Crippen LogP) is 4.52. The standard InChI is InChI=1S/C17H21N3O2/c1-4-22-17(21)19-13-9-10-16(18-11-13)20-15-8-6-5-7-14(15)12(2)3/h5-12H,4H2,1-3H3,(H,18,20)(H,19,21). The third-order valence-corrected chi connectivity index (χ3v) is 3.13. The minimum Gasteiger partial charge on any atom is -0.450 e. The lowest BCUT2D eigenvalue weighted by Crippen LogP contribution is -2.13. The molecule has 0 saturated heterocycles. The number of amides is 1. The zero-order valence-electron chi connectivity index (χ0n) is 13.1. The molecule has 0 saturated carbocycles. The summed E-state index contributed by atoms with van der Waals surface area (Å²) >= 11 is 0. The second kappa shape index (κ2) is 7.45. The number of carbonyl (C=O) groups excluding carboxylic acids is 1. The van der Waals surface area contributed by atoms with Crippen molar-refractivity contribution >= 4 is 23.3 Å². The van der Waals surface area contributed by atoms with Crippen LogP contribution in [0.25, 0.3) is 0 Å². The molecule has 2 rings (SSSR count). The quantitative estimate of drug-likeness (QED) is 0.852. The maximum Gasteiger partial charge on any atom is 0.411 e. The first kappa shape index (κ1) is 15.8. The molecule has 0 spiro atoms. The molecule has 0 bridgehead atoms. The average Bonchev–Trinajstić information content (AvgIpc) is 2.50. The number of carbonyl (C=O) groups is 1. The van der Waals surface area contributed by atoms with Gasteiger partial charge < -0.3 is 10.1 Å². The molecular weight excluding hydrogens is 278 g/mol. The molecule has 1 amide bonds. The molecule has 1 aromatic carbocycles. The normalized spacial score (nSPS) is 10.4. The van der Waals surface area contributed by atoms with E-state index in [1.165, 1.54) is 5.56 Å². The smallest absolute Gasteiger partial charge is 0.411 e. The van der Waals surface area contributed by atoms with Crippen LogP contribution in [0.1, 0.15) is 32.3 Å². The number of para-hydroxylation sites is 1. The number of hydrogen-bond acceptors (Lipinski definition) is 4. The molecule has 0 fully saturated rings. The van der Waals surface area contributed by atoms with E-state index in [0.29, 0.717) is 18.2 Å². The number of pyridine rings is 1. The fourth-order valence-electron chi connectivity index (χ4n) is 2.08. The number of benzene rings is 1. The second-order valence-electron chi connectivity index (χ2n) is 5.14. The first-order valence-electron chi connectivity index (χ1n) is 7.36. The van der Waals surface area contributed by atoms with Crippen LogP contribution in [-0.4, -0.2) is 17.7 Å². The number of anilines is 3. The second-order valence-corrected chi connectivity index (χ2v) is 5.14. The zero-order chi connectivity index (χ0) is 15.9. The summed E-state index contributed by atoms with van der Waals surface area (Å²) in [6.07, 6.45) is 1.12. The fourth-order valence-corrected chi connectivity index (χ4v) is 2.08. The van der Waals surface area contributed by atoms with Gasteiger partial charge in [0.25, 0.3) is 0 Å². The molecule has 0 aliphatic rings. The summed E-state index contributed by atoms with van der Waals surface area (Å²) < 4.78 is 4.82. The van der Waals surface area contributed by atoms with Crippen LogP contribution in [0.3, 0.4) is 0 Å². The first-order chi connectivity index (χ1) is 10.6. The third kappa shape index (κ3) is 4.22. The molecule has 2 aromatic rings. The van der Waals surface area contributed by atoms with Crippen molar-refractivity contribution in [3.05, 3.63) is 48.2 Å². The van der Waals surface area contributed by atoms with Gasteiger partial charge in [0.1, 0.15) is 5.82 Å². The highest BCUT2D eigenvalue weighted by Crippen LogP contribution is 2.26. The SMILES string of the molecule is CCOC(=O)Nc1ccc(Nc2ccccc2C(C)C)nc1. The Balaban J connectivity index is 2.07. The van der Waals surface area contributed by atoms with E-state index in [9.17, 15) is 4.79 Å². The maximum absolute atomic E-state index is 11.3. The van der Waals surface area contributed by atoms with Crippen molar-refractivity contribution in [1.82, 2.24) is 4.98 Å². The largest absolute Gasteiger partial charge is 0.450 e. The molecule has 5 heteroatoms. The van der Waals surface area contributed by atoms with Crippen molar-refractivity contribution in [3.8, 4) is 0 Å². The zero-order valence-corrected chi connectivity index (χ0v) is 13.1. The van der Waals surface area contributed by atoms with Gasteiger partial charge in [-0.05, 0) is 36.6 Å². The number of rotatable bonds is 5. The minimum absolute atomic E-state index is 0.338. The molecule has 1 heterocycles. The van der Waals surface area contributed by atoms with Crippen molar-refractivity contribution in [1.29, 1.82) is 0 Å². The topological polar surface area (TPSA) is 63.2 Å².